The monoisotopic (exact) mass is 515 g/mol. The summed E-state index contributed by atoms with van der Waals surface area (Å²) >= 11 is 6.44. The summed E-state index contributed by atoms with van der Waals surface area (Å²) in [6.45, 7) is 4.41. The van der Waals surface area contributed by atoms with Crippen molar-refractivity contribution in [2.75, 3.05) is 39.4 Å². The van der Waals surface area contributed by atoms with Crippen molar-refractivity contribution in [1.82, 2.24) is 15.2 Å². The second kappa shape index (κ2) is 12.2. The van der Waals surface area contributed by atoms with E-state index in [1.54, 1.807) is 6.20 Å². The molecule has 1 saturated heterocycles. The Labute approximate surface area is 188 Å². The van der Waals surface area contributed by atoms with E-state index in [-0.39, 0.29) is 30.0 Å². The Morgan fingerprint density at radius 2 is 1.96 bits per heavy atom. The highest BCUT2D eigenvalue weighted by Crippen LogP contribution is 2.28. The number of morpholine rings is 1. The first kappa shape index (κ1) is 22.9. The third-order valence-electron chi connectivity index (χ3n) is 4.60. The maximum absolute atomic E-state index is 6.44. The van der Waals surface area contributed by atoms with Crippen molar-refractivity contribution in [1.29, 1.82) is 0 Å². The maximum atomic E-state index is 6.44. The van der Waals surface area contributed by atoms with Gasteiger partial charge in [0.15, 0.2) is 5.96 Å². The molecule has 2 heterocycles. The number of halogens is 2. The molecule has 0 spiro atoms. The first-order valence-electron chi connectivity index (χ1n) is 9.24. The average molecular weight is 516 g/mol. The van der Waals surface area contributed by atoms with Crippen LogP contribution in [0, 0.1) is 0 Å². The molecule has 1 atom stereocenters. The van der Waals surface area contributed by atoms with Gasteiger partial charge in [0.2, 0.25) is 0 Å². The fourth-order valence-electron chi connectivity index (χ4n) is 3.15. The Kier molecular flexibility index (Phi) is 9.97. The van der Waals surface area contributed by atoms with E-state index in [9.17, 15) is 0 Å². The van der Waals surface area contributed by atoms with Crippen molar-refractivity contribution in [2.24, 2.45) is 10.7 Å². The normalized spacial score (nSPS) is 16.2. The molecule has 1 aliphatic heterocycles. The average Bonchev–Trinajstić information content (AvgIpc) is 2.71. The van der Waals surface area contributed by atoms with Crippen LogP contribution in [0.4, 0.5) is 0 Å². The van der Waals surface area contributed by atoms with Crippen LogP contribution in [0.2, 0.25) is 5.02 Å². The Morgan fingerprint density at radius 1 is 1.21 bits per heavy atom. The molecule has 0 radical (unpaired) electrons. The van der Waals surface area contributed by atoms with Crippen LogP contribution in [0.5, 0.6) is 0 Å². The minimum Gasteiger partial charge on any atom is -0.379 e. The second-order valence-corrected chi connectivity index (χ2v) is 6.82. The smallest absolute Gasteiger partial charge is 0.188 e. The van der Waals surface area contributed by atoms with Crippen molar-refractivity contribution in [3.63, 3.8) is 0 Å². The SMILES string of the molecule is I.NC(=NCC(c1ccccc1Cl)N1CCOCC1)NCCc1ccccn1. The van der Waals surface area contributed by atoms with Crippen molar-refractivity contribution < 1.29 is 4.74 Å². The molecule has 0 saturated carbocycles. The van der Waals surface area contributed by atoms with Gasteiger partial charge in [-0.15, -0.1) is 24.0 Å². The lowest BCUT2D eigenvalue weighted by Gasteiger charge is -2.34. The zero-order valence-electron chi connectivity index (χ0n) is 15.8. The van der Waals surface area contributed by atoms with Gasteiger partial charge in [0.05, 0.1) is 25.8 Å². The molecule has 1 aromatic heterocycles. The van der Waals surface area contributed by atoms with Gasteiger partial charge in [0.1, 0.15) is 0 Å². The minimum atomic E-state index is 0. The van der Waals surface area contributed by atoms with Gasteiger partial charge in [0, 0.05) is 43.0 Å². The highest BCUT2D eigenvalue weighted by molar-refractivity contribution is 14.0. The van der Waals surface area contributed by atoms with Gasteiger partial charge in [-0.2, -0.15) is 0 Å². The van der Waals surface area contributed by atoms with Crippen molar-refractivity contribution >= 4 is 41.5 Å². The highest BCUT2D eigenvalue weighted by Gasteiger charge is 2.24. The molecule has 1 aromatic carbocycles. The van der Waals surface area contributed by atoms with Gasteiger partial charge < -0.3 is 15.8 Å². The van der Waals surface area contributed by atoms with Gasteiger partial charge >= 0.3 is 0 Å². The summed E-state index contributed by atoms with van der Waals surface area (Å²) in [6.07, 6.45) is 2.60. The largest absolute Gasteiger partial charge is 0.379 e. The minimum absolute atomic E-state index is 0. The van der Waals surface area contributed by atoms with Crippen molar-refractivity contribution in [2.45, 2.75) is 12.5 Å². The summed E-state index contributed by atoms with van der Waals surface area (Å²) in [4.78, 5) is 11.2. The predicted octanol–water partition coefficient (Wildman–Crippen LogP) is 2.87. The Morgan fingerprint density at radius 3 is 2.68 bits per heavy atom. The van der Waals surface area contributed by atoms with Crippen LogP contribution in [-0.4, -0.2) is 55.2 Å². The molecule has 8 heteroatoms. The van der Waals surface area contributed by atoms with E-state index in [0.717, 1.165) is 49.0 Å². The number of guanidine groups is 1. The number of rotatable bonds is 7. The topological polar surface area (TPSA) is 75.8 Å². The van der Waals surface area contributed by atoms with E-state index in [1.807, 2.05) is 36.4 Å². The van der Waals surface area contributed by atoms with Crippen LogP contribution in [0.25, 0.3) is 0 Å². The van der Waals surface area contributed by atoms with Crippen LogP contribution >= 0.6 is 35.6 Å². The molecular weight excluding hydrogens is 489 g/mol. The zero-order chi connectivity index (χ0) is 18.9. The number of aromatic nitrogens is 1. The Bertz CT molecular complexity index is 740. The third kappa shape index (κ3) is 6.88. The van der Waals surface area contributed by atoms with E-state index in [4.69, 9.17) is 22.1 Å². The molecule has 0 bridgehead atoms. The summed E-state index contributed by atoms with van der Waals surface area (Å²) in [7, 11) is 0. The number of ether oxygens (including phenoxy) is 1. The highest BCUT2D eigenvalue weighted by atomic mass is 127. The number of aliphatic imine (C=N–C) groups is 1. The zero-order valence-corrected chi connectivity index (χ0v) is 18.8. The second-order valence-electron chi connectivity index (χ2n) is 6.41. The molecule has 28 heavy (non-hydrogen) atoms. The number of benzene rings is 1. The molecule has 1 aliphatic rings. The molecule has 3 N–H and O–H groups in total. The third-order valence-corrected chi connectivity index (χ3v) is 4.94. The van der Waals surface area contributed by atoms with Gasteiger partial charge in [-0.25, -0.2) is 0 Å². The molecule has 152 valence electrons. The molecule has 0 aliphatic carbocycles. The lowest BCUT2D eigenvalue weighted by Crippen LogP contribution is -2.41. The van der Waals surface area contributed by atoms with Crippen LogP contribution < -0.4 is 11.1 Å². The molecule has 1 fully saturated rings. The van der Waals surface area contributed by atoms with Gasteiger partial charge in [-0.05, 0) is 23.8 Å². The summed E-state index contributed by atoms with van der Waals surface area (Å²) in [5, 5.41) is 3.92. The Hall–Kier alpha value is -1.42. The van der Waals surface area contributed by atoms with E-state index in [2.05, 4.69) is 26.3 Å². The van der Waals surface area contributed by atoms with E-state index < -0.39 is 0 Å². The van der Waals surface area contributed by atoms with E-state index >= 15 is 0 Å². The number of hydrogen-bond donors (Lipinski definition) is 2. The molecule has 0 amide bonds. The molecule has 6 nitrogen and oxygen atoms in total. The predicted molar refractivity (Wildman–Crippen MR) is 124 cm³/mol. The summed E-state index contributed by atoms with van der Waals surface area (Å²) in [5.41, 5.74) is 8.18. The fourth-order valence-corrected chi connectivity index (χ4v) is 3.41. The van der Waals surface area contributed by atoms with Crippen LogP contribution in [-0.2, 0) is 11.2 Å². The first-order valence-corrected chi connectivity index (χ1v) is 9.62. The number of pyridine rings is 1. The van der Waals surface area contributed by atoms with Crippen molar-refractivity contribution in [3.05, 3.63) is 64.9 Å². The lowest BCUT2D eigenvalue weighted by molar-refractivity contribution is 0.0180. The lowest BCUT2D eigenvalue weighted by atomic mass is 10.0. The van der Waals surface area contributed by atoms with Gasteiger partial charge in [-0.1, -0.05) is 35.9 Å². The van der Waals surface area contributed by atoms with Gasteiger partial charge in [-0.3, -0.25) is 14.9 Å². The molecule has 3 rings (SSSR count). The summed E-state index contributed by atoms with van der Waals surface area (Å²) in [6, 6.07) is 13.9. The van der Waals surface area contributed by atoms with Crippen LogP contribution in [0.15, 0.2) is 53.7 Å². The number of nitrogens with zero attached hydrogens (tertiary/aromatic N) is 3. The summed E-state index contributed by atoms with van der Waals surface area (Å²) < 4.78 is 5.48. The Balaban J connectivity index is 0.00000280. The van der Waals surface area contributed by atoms with Crippen molar-refractivity contribution in [3.8, 4) is 0 Å². The molecule has 1 unspecified atom stereocenters. The quantitative estimate of drug-likeness (QED) is 0.337. The van der Waals surface area contributed by atoms with E-state index in [1.165, 1.54) is 0 Å². The molecule has 2 aromatic rings. The molecular formula is C20H27ClIN5O. The van der Waals surface area contributed by atoms with E-state index in [0.29, 0.717) is 19.0 Å². The fraction of sp³-hybridized carbons (Fsp3) is 0.400. The number of nitrogens with two attached hydrogens (primary N) is 1. The number of nitrogens with one attached hydrogen (secondary N) is 1. The van der Waals surface area contributed by atoms with Crippen LogP contribution in [0.3, 0.4) is 0 Å². The van der Waals surface area contributed by atoms with Crippen LogP contribution in [0.1, 0.15) is 17.3 Å². The summed E-state index contributed by atoms with van der Waals surface area (Å²) in [5.74, 6) is 0.441. The van der Waals surface area contributed by atoms with Gasteiger partial charge in [0.25, 0.3) is 0 Å². The standard InChI is InChI=1S/C20H26ClN5O.HI/c21-18-7-2-1-6-17(18)19(26-11-13-27-14-12-26)15-25-20(22)24-10-8-16-5-3-4-9-23-16;/h1-7,9,19H,8,10-15H2,(H3,22,24,25);1H. The first-order chi connectivity index (χ1) is 13.2. The number of hydrogen-bond acceptors (Lipinski definition) is 4. The maximum Gasteiger partial charge on any atom is 0.188 e.